The molecule has 1 aromatic heterocycles. The highest BCUT2D eigenvalue weighted by Crippen LogP contribution is 2.52. The van der Waals surface area contributed by atoms with Crippen molar-refractivity contribution in [2.24, 2.45) is 0 Å². The first-order valence-corrected chi connectivity index (χ1v) is 7.20. The van der Waals surface area contributed by atoms with E-state index in [0.29, 0.717) is 5.56 Å². The molecule has 1 rings (SSSR count). The molecule has 1 aromatic rings. The Morgan fingerprint density at radius 1 is 1.39 bits per heavy atom. The zero-order valence-corrected chi connectivity index (χ0v) is 11.1. The second-order valence-electron chi connectivity index (χ2n) is 3.37. The van der Waals surface area contributed by atoms with Crippen LogP contribution in [0, 0.1) is 10.1 Å². The molecule has 0 saturated carbocycles. The molecule has 0 unspecified atom stereocenters. The second kappa shape index (κ2) is 6.58. The van der Waals surface area contributed by atoms with Gasteiger partial charge in [-0.05, 0) is 19.9 Å². The average Bonchev–Trinajstić information content (AvgIpc) is 2.29. The summed E-state index contributed by atoms with van der Waals surface area (Å²) in [5, 5.41) is 10.8. The van der Waals surface area contributed by atoms with Gasteiger partial charge in [0.2, 0.25) is 0 Å². The van der Waals surface area contributed by atoms with Crippen LogP contribution >= 0.6 is 7.60 Å². The van der Waals surface area contributed by atoms with Crippen LogP contribution in [0.25, 0.3) is 0 Å². The maximum Gasteiger partial charge on any atom is 0.335 e. The fraction of sp³-hybridized carbons (Fsp3) is 0.500. The molecular formula is C10H15N2O5P. The molecule has 1 heterocycles. The molecule has 0 N–H and O–H groups in total. The third-order valence-corrected chi connectivity index (χ3v) is 4.13. The maximum absolute atomic E-state index is 12.3. The molecular weight excluding hydrogens is 259 g/mol. The zero-order valence-electron chi connectivity index (χ0n) is 10.2. The van der Waals surface area contributed by atoms with Crippen molar-refractivity contribution in [3.63, 3.8) is 0 Å². The SMILES string of the molecule is CCOP(=O)(Cc1ccncc1[N+](=O)[O-])OCC. The topological polar surface area (TPSA) is 91.6 Å². The Morgan fingerprint density at radius 2 is 2.00 bits per heavy atom. The molecule has 7 nitrogen and oxygen atoms in total. The fourth-order valence-electron chi connectivity index (χ4n) is 1.44. The number of rotatable bonds is 7. The van der Waals surface area contributed by atoms with Crippen molar-refractivity contribution in [1.82, 2.24) is 4.98 Å². The summed E-state index contributed by atoms with van der Waals surface area (Å²) in [4.78, 5) is 13.9. The summed E-state index contributed by atoms with van der Waals surface area (Å²) >= 11 is 0. The maximum atomic E-state index is 12.3. The second-order valence-corrected chi connectivity index (χ2v) is 5.42. The molecule has 0 atom stereocenters. The lowest BCUT2D eigenvalue weighted by atomic mass is 10.2. The summed E-state index contributed by atoms with van der Waals surface area (Å²) in [5.74, 6) is 0. The highest BCUT2D eigenvalue weighted by molar-refractivity contribution is 7.53. The third kappa shape index (κ3) is 3.87. The van der Waals surface area contributed by atoms with Crippen LogP contribution in [-0.4, -0.2) is 23.1 Å². The first-order chi connectivity index (χ1) is 8.52. The predicted molar refractivity (Wildman–Crippen MR) is 65.5 cm³/mol. The third-order valence-electron chi connectivity index (χ3n) is 2.10. The van der Waals surface area contributed by atoms with E-state index in [1.807, 2.05) is 0 Å². The molecule has 0 aliphatic rings. The molecule has 0 bridgehead atoms. The van der Waals surface area contributed by atoms with E-state index in [9.17, 15) is 14.7 Å². The van der Waals surface area contributed by atoms with Crippen LogP contribution in [0.15, 0.2) is 18.5 Å². The van der Waals surface area contributed by atoms with Gasteiger partial charge in [-0.15, -0.1) is 0 Å². The highest BCUT2D eigenvalue weighted by atomic mass is 31.2. The summed E-state index contributed by atoms with van der Waals surface area (Å²) in [6.45, 7) is 3.81. The lowest BCUT2D eigenvalue weighted by Crippen LogP contribution is -2.02. The Balaban J connectivity index is 3.01. The van der Waals surface area contributed by atoms with Crippen LogP contribution in [0.1, 0.15) is 19.4 Å². The van der Waals surface area contributed by atoms with E-state index in [2.05, 4.69) is 4.98 Å². The Hall–Kier alpha value is -1.30. The van der Waals surface area contributed by atoms with Gasteiger partial charge >= 0.3 is 7.60 Å². The molecule has 0 aliphatic heterocycles. The smallest absolute Gasteiger partial charge is 0.309 e. The van der Waals surface area contributed by atoms with Gasteiger partial charge in [0.15, 0.2) is 0 Å². The van der Waals surface area contributed by atoms with Crippen molar-refractivity contribution in [1.29, 1.82) is 0 Å². The first kappa shape index (κ1) is 14.8. The number of nitrogens with zero attached hydrogens (tertiary/aromatic N) is 2. The monoisotopic (exact) mass is 274 g/mol. The summed E-state index contributed by atoms with van der Waals surface area (Å²) in [5.41, 5.74) is 0.109. The number of hydrogen-bond acceptors (Lipinski definition) is 6. The molecule has 0 aliphatic carbocycles. The molecule has 0 saturated heterocycles. The standard InChI is InChI=1S/C10H15N2O5P/c1-3-16-18(15,17-4-2)8-9-5-6-11-7-10(9)12(13)14/h5-7H,3-4,8H2,1-2H3. The van der Waals surface area contributed by atoms with Crippen molar-refractivity contribution in [2.75, 3.05) is 13.2 Å². The van der Waals surface area contributed by atoms with Gasteiger partial charge in [0.25, 0.3) is 5.69 Å². The predicted octanol–water partition coefficient (Wildman–Crippen LogP) is 2.76. The van der Waals surface area contributed by atoms with E-state index in [0.717, 1.165) is 6.20 Å². The Bertz CT molecular complexity index is 455. The molecule has 8 heteroatoms. The molecule has 0 fully saturated rings. The Labute approximate surface area is 105 Å². The Morgan fingerprint density at radius 3 is 2.50 bits per heavy atom. The van der Waals surface area contributed by atoms with Crippen LogP contribution in [0.2, 0.25) is 0 Å². The zero-order chi connectivity index (χ0) is 13.6. The lowest BCUT2D eigenvalue weighted by Gasteiger charge is -2.16. The normalized spacial score (nSPS) is 11.4. The van der Waals surface area contributed by atoms with E-state index in [1.165, 1.54) is 12.3 Å². The van der Waals surface area contributed by atoms with Gasteiger partial charge in [0.1, 0.15) is 6.20 Å². The summed E-state index contributed by atoms with van der Waals surface area (Å²) in [7, 11) is -3.34. The van der Waals surface area contributed by atoms with Crippen molar-refractivity contribution < 1.29 is 18.5 Å². The number of pyridine rings is 1. The van der Waals surface area contributed by atoms with E-state index >= 15 is 0 Å². The van der Waals surface area contributed by atoms with Gasteiger partial charge in [-0.25, -0.2) is 0 Å². The molecule has 0 radical (unpaired) electrons. The lowest BCUT2D eigenvalue weighted by molar-refractivity contribution is -0.385. The average molecular weight is 274 g/mol. The van der Waals surface area contributed by atoms with E-state index in [4.69, 9.17) is 9.05 Å². The summed E-state index contributed by atoms with van der Waals surface area (Å²) < 4.78 is 22.5. The fourth-order valence-corrected chi connectivity index (χ4v) is 3.17. The van der Waals surface area contributed by atoms with Crippen LogP contribution in [0.3, 0.4) is 0 Å². The molecule has 18 heavy (non-hydrogen) atoms. The van der Waals surface area contributed by atoms with Gasteiger partial charge in [0, 0.05) is 11.8 Å². The number of hydrogen-bond donors (Lipinski definition) is 0. The van der Waals surface area contributed by atoms with Gasteiger partial charge in [-0.2, -0.15) is 0 Å². The molecule has 0 spiro atoms. The van der Waals surface area contributed by atoms with Crippen LogP contribution in [0.4, 0.5) is 5.69 Å². The molecule has 0 amide bonds. The van der Waals surface area contributed by atoms with Gasteiger partial charge in [-0.3, -0.25) is 19.7 Å². The number of nitro groups is 1. The first-order valence-electron chi connectivity index (χ1n) is 5.47. The quantitative estimate of drug-likeness (QED) is 0.431. The minimum Gasteiger partial charge on any atom is -0.309 e. The summed E-state index contributed by atoms with van der Waals surface area (Å²) in [6, 6.07) is 1.45. The van der Waals surface area contributed by atoms with E-state index < -0.39 is 12.5 Å². The Kier molecular flexibility index (Phi) is 5.40. The van der Waals surface area contributed by atoms with E-state index in [1.54, 1.807) is 13.8 Å². The van der Waals surface area contributed by atoms with Gasteiger partial charge in [0.05, 0.1) is 24.3 Å². The van der Waals surface area contributed by atoms with Crippen molar-refractivity contribution in [3.05, 3.63) is 34.1 Å². The minimum absolute atomic E-state index is 0.131. The highest BCUT2D eigenvalue weighted by Gasteiger charge is 2.28. The molecule has 0 aromatic carbocycles. The van der Waals surface area contributed by atoms with E-state index in [-0.39, 0.29) is 25.1 Å². The van der Waals surface area contributed by atoms with Crippen LogP contribution in [-0.2, 0) is 19.8 Å². The van der Waals surface area contributed by atoms with Crippen molar-refractivity contribution in [3.8, 4) is 0 Å². The van der Waals surface area contributed by atoms with Crippen molar-refractivity contribution >= 4 is 13.3 Å². The van der Waals surface area contributed by atoms with Gasteiger partial charge in [-0.1, -0.05) is 0 Å². The van der Waals surface area contributed by atoms with Crippen LogP contribution in [0.5, 0.6) is 0 Å². The van der Waals surface area contributed by atoms with Gasteiger partial charge < -0.3 is 9.05 Å². The largest absolute Gasteiger partial charge is 0.335 e. The van der Waals surface area contributed by atoms with Crippen LogP contribution < -0.4 is 0 Å². The minimum atomic E-state index is -3.34. The number of aromatic nitrogens is 1. The van der Waals surface area contributed by atoms with Crippen molar-refractivity contribution in [2.45, 2.75) is 20.0 Å². The molecule has 100 valence electrons. The summed E-state index contributed by atoms with van der Waals surface area (Å²) in [6.07, 6.45) is 2.40.